The molecule has 1 aromatic carbocycles. The summed E-state index contributed by atoms with van der Waals surface area (Å²) in [5.41, 5.74) is 0.560. The number of hydrogen-bond donors (Lipinski definition) is 1. The summed E-state index contributed by atoms with van der Waals surface area (Å²) in [7, 11) is 0. The van der Waals surface area contributed by atoms with E-state index in [1.807, 2.05) is 0 Å². The Bertz CT molecular complexity index is 561. The molecular formula is C14H14FNO3S. The van der Waals surface area contributed by atoms with Crippen LogP contribution >= 0.6 is 11.8 Å². The first-order valence-electron chi connectivity index (χ1n) is 6.09. The molecule has 6 heteroatoms. The number of carboxylic acid groups (broad SMARTS) is 1. The van der Waals surface area contributed by atoms with Gasteiger partial charge in [-0.3, -0.25) is 4.79 Å². The number of halogens is 1. The normalized spacial score (nSPS) is 22.4. The minimum Gasteiger partial charge on any atom is -0.480 e. The number of nitrogens with zero attached hydrogens (tertiary/aromatic N) is 1. The molecule has 0 aliphatic carbocycles. The molecule has 0 radical (unpaired) electrons. The van der Waals surface area contributed by atoms with Crippen molar-refractivity contribution in [3.05, 3.63) is 41.7 Å². The summed E-state index contributed by atoms with van der Waals surface area (Å²) in [5, 5.41) is 8.91. The molecule has 2 atom stereocenters. The Labute approximate surface area is 120 Å². The molecule has 1 aromatic rings. The number of benzene rings is 1. The van der Waals surface area contributed by atoms with E-state index < -0.39 is 12.0 Å². The molecule has 1 amide bonds. The lowest BCUT2D eigenvalue weighted by molar-refractivity contribution is -0.147. The predicted octanol–water partition coefficient (Wildman–Crippen LogP) is 2.21. The highest BCUT2D eigenvalue weighted by molar-refractivity contribution is 8.00. The standard InChI is InChI=1S/C14H14FNO3S/c1-9-16(12(8-20-9)14(18)19)13(17)6-5-10-3-2-4-11(15)7-10/h2-7,9,12H,8H2,1H3,(H,18,19). The number of rotatable bonds is 3. The van der Waals surface area contributed by atoms with Gasteiger partial charge in [-0.15, -0.1) is 11.8 Å². The van der Waals surface area contributed by atoms with E-state index >= 15 is 0 Å². The lowest BCUT2D eigenvalue weighted by Gasteiger charge is -2.23. The predicted molar refractivity (Wildman–Crippen MR) is 75.6 cm³/mol. The number of amides is 1. The highest BCUT2D eigenvalue weighted by Gasteiger charge is 2.38. The molecule has 0 spiro atoms. The molecule has 0 aromatic heterocycles. The first-order chi connectivity index (χ1) is 9.49. The minimum absolute atomic E-state index is 0.180. The topological polar surface area (TPSA) is 57.6 Å². The Kier molecular flexibility index (Phi) is 4.44. The van der Waals surface area contributed by atoms with E-state index in [2.05, 4.69) is 0 Å². The average molecular weight is 295 g/mol. The van der Waals surface area contributed by atoms with Gasteiger partial charge >= 0.3 is 5.97 Å². The second kappa shape index (κ2) is 6.09. The molecule has 1 fully saturated rings. The van der Waals surface area contributed by atoms with Crippen molar-refractivity contribution in [1.82, 2.24) is 4.90 Å². The third-order valence-corrected chi connectivity index (χ3v) is 4.25. The van der Waals surface area contributed by atoms with E-state index in [4.69, 9.17) is 5.11 Å². The Hall–Kier alpha value is -1.82. The summed E-state index contributed by atoms with van der Waals surface area (Å²) in [6.45, 7) is 1.79. The highest BCUT2D eigenvalue weighted by Crippen LogP contribution is 2.29. The fourth-order valence-electron chi connectivity index (χ4n) is 2.03. The molecule has 1 aliphatic rings. The summed E-state index contributed by atoms with van der Waals surface area (Å²) in [5.74, 6) is -1.38. The number of carbonyl (C=O) groups excluding carboxylic acids is 1. The van der Waals surface area contributed by atoms with Crippen LogP contribution in [-0.4, -0.2) is 39.1 Å². The van der Waals surface area contributed by atoms with E-state index in [0.717, 1.165) is 0 Å². The van der Waals surface area contributed by atoms with Crippen LogP contribution in [0.1, 0.15) is 12.5 Å². The van der Waals surface area contributed by atoms with Crippen LogP contribution < -0.4 is 0 Å². The van der Waals surface area contributed by atoms with Crippen LogP contribution in [0.25, 0.3) is 6.08 Å². The second-order valence-corrected chi connectivity index (χ2v) is 5.77. The van der Waals surface area contributed by atoms with Gasteiger partial charge in [0.2, 0.25) is 5.91 Å². The SMILES string of the molecule is CC1SCC(C(=O)O)N1C(=O)C=Cc1cccc(F)c1. The molecule has 106 valence electrons. The third kappa shape index (κ3) is 3.19. The largest absolute Gasteiger partial charge is 0.480 e. The molecule has 1 N–H and O–H groups in total. The van der Waals surface area contributed by atoms with Crippen LogP contribution in [0, 0.1) is 5.82 Å². The van der Waals surface area contributed by atoms with Gasteiger partial charge in [0.1, 0.15) is 11.9 Å². The Morgan fingerprint density at radius 3 is 2.90 bits per heavy atom. The summed E-state index contributed by atoms with van der Waals surface area (Å²) in [4.78, 5) is 24.5. The van der Waals surface area contributed by atoms with E-state index in [1.165, 1.54) is 40.9 Å². The summed E-state index contributed by atoms with van der Waals surface area (Å²) >= 11 is 1.42. The molecule has 2 rings (SSSR count). The molecule has 1 heterocycles. The van der Waals surface area contributed by atoms with Gasteiger partial charge in [0.15, 0.2) is 0 Å². The van der Waals surface area contributed by atoms with E-state index in [-0.39, 0.29) is 17.1 Å². The van der Waals surface area contributed by atoms with Gasteiger partial charge in [-0.25, -0.2) is 9.18 Å². The molecule has 0 saturated carbocycles. The lowest BCUT2D eigenvalue weighted by atomic mass is 10.2. The number of hydrogen-bond acceptors (Lipinski definition) is 3. The van der Waals surface area contributed by atoms with Crippen molar-refractivity contribution in [2.45, 2.75) is 18.3 Å². The Morgan fingerprint density at radius 1 is 1.50 bits per heavy atom. The van der Waals surface area contributed by atoms with Crippen LogP contribution in [0.3, 0.4) is 0 Å². The molecule has 4 nitrogen and oxygen atoms in total. The van der Waals surface area contributed by atoms with E-state index in [0.29, 0.717) is 11.3 Å². The maximum absolute atomic E-state index is 13.0. The monoisotopic (exact) mass is 295 g/mol. The summed E-state index contributed by atoms with van der Waals surface area (Å²) < 4.78 is 13.0. The van der Waals surface area contributed by atoms with Crippen molar-refractivity contribution in [3.8, 4) is 0 Å². The van der Waals surface area contributed by atoms with Crippen molar-refractivity contribution in [2.24, 2.45) is 0 Å². The van der Waals surface area contributed by atoms with E-state index in [9.17, 15) is 14.0 Å². The second-order valence-electron chi connectivity index (χ2n) is 4.42. The maximum atomic E-state index is 13.0. The highest BCUT2D eigenvalue weighted by atomic mass is 32.2. The molecule has 1 aliphatic heterocycles. The average Bonchev–Trinajstić information content (AvgIpc) is 2.78. The van der Waals surface area contributed by atoms with Crippen molar-refractivity contribution < 1.29 is 19.1 Å². The van der Waals surface area contributed by atoms with E-state index in [1.54, 1.807) is 19.1 Å². The Balaban J connectivity index is 2.12. The fraction of sp³-hybridized carbons (Fsp3) is 0.286. The molecule has 20 heavy (non-hydrogen) atoms. The number of thioether (sulfide) groups is 1. The van der Waals surface area contributed by atoms with Gasteiger partial charge in [-0.2, -0.15) is 0 Å². The smallest absolute Gasteiger partial charge is 0.327 e. The fourth-order valence-corrected chi connectivity index (χ4v) is 3.21. The first kappa shape index (κ1) is 14.6. The number of carbonyl (C=O) groups is 2. The van der Waals surface area contributed by atoms with Gasteiger partial charge < -0.3 is 10.0 Å². The number of carboxylic acids is 1. The first-order valence-corrected chi connectivity index (χ1v) is 7.14. The molecule has 2 unspecified atom stereocenters. The van der Waals surface area contributed by atoms with Crippen LogP contribution in [0.2, 0.25) is 0 Å². The summed E-state index contributed by atoms with van der Waals surface area (Å²) in [6, 6.07) is 5.04. The van der Waals surface area contributed by atoms with Crippen molar-refractivity contribution >= 4 is 29.7 Å². The zero-order valence-electron chi connectivity index (χ0n) is 10.8. The van der Waals surface area contributed by atoms with Gasteiger partial charge in [-0.1, -0.05) is 12.1 Å². The van der Waals surface area contributed by atoms with Gasteiger partial charge in [0.25, 0.3) is 0 Å². The van der Waals surface area contributed by atoms with Crippen molar-refractivity contribution in [2.75, 3.05) is 5.75 Å². The van der Waals surface area contributed by atoms with Crippen molar-refractivity contribution in [1.29, 1.82) is 0 Å². The summed E-state index contributed by atoms with van der Waals surface area (Å²) in [6.07, 6.45) is 2.77. The van der Waals surface area contributed by atoms with Crippen LogP contribution in [0.5, 0.6) is 0 Å². The zero-order valence-corrected chi connectivity index (χ0v) is 11.6. The minimum atomic E-state index is -1.01. The Morgan fingerprint density at radius 2 is 2.25 bits per heavy atom. The lowest BCUT2D eigenvalue weighted by Crippen LogP contribution is -2.43. The quantitative estimate of drug-likeness (QED) is 0.869. The maximum Gasteiger partial charge on any atom is 0.327 e. The molecular weight excluding hydrogens is 281 g/mol. The number of aliphatic carboxylic acids is 1. The molecule has 0 bridgehead atoms. The van der Waals surface area contributed by atoms with Gasteiger partial charge in [0, 0.05) is 11.8 Å². The van der Waals surface area contributed by atoms with Crippen LogP contribution in [-0.2, 0) is 9.59 Å². The van der Waals surface area contributed by atoms with Crippen LogP contribution in [0.4, 0.5) is 4.39 Å². The third-order valence-electron chi connectivity index (χ3n) is 3.03. The van der Waals surface area contributed by atoms with Gasteiger partial charge in [-0.05, 0) is 30.7 Å². The molecule has 1 saturated heterocycles. The zero-order chi connectivity index (χ0) is 14.7. The van der Waals surface area contributed by atoms with Crippen LogP contribution in [0.15, 0.2) is 30.3 Å². The van der Waals surface area contributed by atoms with Crippen molar-refractivity contribution in [3.63, 3.8) is 0 Å². The van der Waals surface area contributed by atoms with Gasteiger partial charge in [0.05, 0.1) is 5.37 Å².